The Morgan fingerprint density at radius 1 is 1.08 bits per heavy atom. The summed E-state index contributed by atoms with van der Waals surface area (Å²) in [6.45, 7) is 0. The first-order valence-electron chi connectivity index (χ1n) is 4.27. The highest BCUT2D eigenvalue weighted by Gasteiger charge is 1.89. The molecular formula is C9H15ClO2. The van der Waals surface area contributed by atoms with Crippen molar-refractivity contribution < 1.29 is 9.90 Å². The largest absolute Gasteiger partial charge is 0.469 e. The average Bonchev–Trinajstić information content (AvgIpc) is 1.82. The maximum atomic E-state index is 8.77. The van der Waals surface area contributed by atoms with Gasteiger partial charge in [0.15, 0.2) is 0 Å². The minimum atomic E-state index is -1.36. The molecule has 0 saturated heterocycles. The van der Waals surface area contributed by atoms with Gasteiger partial charge < -0.3 is 5.11 Å². The fraction of sp³-hybridized carbons (Fsp3) is 0.667. The van der Waals surface area contributed by atoms with Gasteiger partial charge in [-0.3, -0.25) is 0 Å². The molecule has 0 aromatic heterocycles. The zero-order valence-electron chi connectivity index (χ0n) is 7.13. The maximum absolute atomic E-state index is 8.77. The van der Waals surface area contributed by atoms with Crippen molar-refractivity contribution in [1.82, 2.24) is 0 Å². The van der Waals surface area contributed by atoms with Crippen LogP contribution in [0.25, 0.3) is 0 Å². The molecule has 0 bridgehead atoms. The highest BCUT2D eigenvalue weighted by molar-refractivity contribution is 6.60. The lowest BCUT2D eigenvalue weighted by Crippen LogP contribution is -1.80. The van der Waals surface area contributed by atoms with Crippen molar-refractivity contribution >= 4 is 17.0 Å². The van der Waals surface area contributed by atoms with E-state index in [-0.39, 0.29) is 0 Å². The zero-order chi connectivity index (χ0) is 9.23. The lowest BCUT2D eigenvalue weighted by Gasteiger charge is -2.00. The summed E-state index contributed by atoms with van der Waals surface area (Å²) in [6, 6.07) is 0. The summed E-state index contributed by atoms with van der Waals surface area (Å²) in [7, 11) is 0. The predicted octanol–water partition coefficient (Wildman–Crippen LogP) is 3.80. The van der Waals surface area contributed by atoms with E-state index < -0.39 is 5.43 Å². The van der Waals surface area contributed by atoms with Crippen LogP contribution in [-0.4, -0.2) is 10.5 Å². The fourth-order valence-electron chi connectivity index (χ4n) is 1.11. The van der Waals surface area contributed by atoms with Crippen LogP contribution in [0, 0.1) is 0 Å². The van der Waals surface area contributed by atoms with Crippen molar-refractivity contribution in [3.63, 3.8) is 0 Å². The van der Waals surface area contributed by atoms with Gasteiger partial charge in [-0.2, -0.15) is 0 Å². The highest BCUT2D eigenvalue weighted by Crippen LogP contribution is 2.09. The van der Waals surface area contributed by atoms with Gasteiger partial charge in [-0.05, 0) is 25.7 Å². The number of hydrogen-bond donors (Lipinski definition) is 1. The van der Waals surface area contributed by atoms with E-state index in [0.717, 1.165) is 0 Å². The van der Waals surface area contributed by atoms with E-state index in [4.69, 9.17) is 9.90 Å². The van der Waals surface area contributed by atoms with E-state index in [1.165, 1.54) is 38.5 Å². The Labute approximate surface area is 78.2 Å². The normalized spacial score (nSPS) is 16.8. The number of rotatable bonds is 0. The quantitative estimate of drug-likeness (QED) is 0.466. The number of carboxylic acid groups (broad SMARTS) is 1. The minimum absolute atomic E-state index is 1.32. The Bertz CT molecular complexity index is 129. The number of hydrogen-bond acceptors (Lipinski definition) is 1. The first kappa shape index (κ1) is 11.5. The number of allylic oxidation sites excluding steroid dienone is 2. The average molecular weight is 191 g/mol. The molecule has 1 aliphatic rings. The Hall–Kier alpha value is -0.500. The Kier molecular flexibility index (Phi) is 8.24. The highest BCUT2D eigenvalue weighted by atomic mass is 35.5. The van der Waals surface area contributed by atoms with E-state index in [1.807, 2.05) is 0 Å². The third-order valence-electron chi connectivity index (χ3n) is 1.66. The summed E-state index contributed by atoms with van der Waals surface area (Å²) in [5.41, 5.74) is -1.36. The molecule has 1 aliphatic carbocycles. The number of halogens is 1. The SMILES string of the molecule is C1=CCCCCCC1.O=C(O)Cl. The van der Waals surface area contributed by atoms with Gasteiger partial charge in [0.2, 0.25) is 0 Å². The first-order valence-corrected chi connectivity index (χ1v) is 4.64. The lowest BCUT2D eigenvalue weighted by atomic mass is 10.1. The van der Waals surface area contributed by atoms with Gasteiger partial charge in [0, 0.05) is 11.6 Å². The van der Waals surface area contributed by atoms with Crippen molar-refractivity contribution in [2.75, 3.05) is 0 Å². The molecule has 1 N–H and O–H groups in total. The van der Waals surface area contributed by atoms with Crippen molar-refractivity contribution in [3.05, 3.63) is 12.2 Å². The van der Waals surface area contributed by atoms with Crippen LogP contribution in [0.1, 0.15) is 38.5 Å². The molecule has 0 atom stereocenters. The van der Waals surface area contributed by atoms with E-state index in [0.29, 0.717) is 0 Å². The van der Waals surface area contributed by atoms with Gasteiger partial charge in [-0.15, -0.1) is 0 Å². The molecule has 0 spiro atoms. The van der Waals surface area contributed by atoms with E-state index in [2.05, 4.69) is 23.8 Å². The second kappa shape index (κ2) is 8.60. The molecule has 0 amide bonds. The summed E-state index contributed by atoms with van der Waals surface area (Å²) in [6.07, 6.45) is 13.0. The van der Waals surface area contributed by atoms with Crippen LogP contribution in [0.3, 0.4) is 0 Å². The molecule has 0 aromatic rings. The molecule has 0 aliphatic heterocycles. The standard InChI is InChI=1S/C8H14.CHClO2/c1-2-4-6-8-7-5-3-1;2-1(3)4/h1-2H,3-8H2;(H,3,4). The molecule has 0 heterocycles. The zero-order valence-corrected chi connectivity index (χ0v) is 7.89. The monoisotopic (exact) mass is 190 g/mol. The molecule has 0 unspecified atom stereocenters. The second-order valence-corrected chi connectivity index (χ2v) is 3.04. The smallest absolute Gasteiger partial charge is 0.401 e. The molecule has 0 fully saturated rings. The van der Waals surface area contributed by atoms with Crippen molar-refractivity contribution in [1.29, 1.82) is 0 Å². The van der Waals surface area contributed by atoms with Gasteiger partial charge in [-0.25, -0.2) is 4.79 Å². The van der Waals surface area contributed by atoms with E-state index in [1.54, 1.807) is 0 Å². The molecule has 1 rings (SSSR count). The van der Waals surface area contributed by atoms with Gasteiger partial charge in [0.05, 0.1) is 0 Å². The van der Waals surface area contributed by atoms with Crippen molar-refractivity contribution in [2.45, 2.75) is 38.5 Å². The van der Waals surface area contributed by atoms with Crippen LogP contribution in [0.4, 0.5) is 4.79 Å². The van der Waals surface area contributed by atoms with E-state index >= 15 is 0 Å². The molecule has 0 radical (unpaired) electrons. The molecular weight excluding hydrogens is 176 g/mol. The Morgan fingerprint density at radius 2 is 1.42 bits per heavy atom. The van der Waals surface area contributed by atoms with E-state index in [9.17, 15) is 0 Å². The van der Waals surface area contributed by atoms with Gasteiger partial charge in [0.25, 0.3) is 0 Å². The Morgan fingerprint density at radius 3 is 1.75 bits per heavy atom. The molecule has 12 heavy (non-hydrogen) atoms. The first-order chi connectivity index (χ1) is 5.73. The third-order valence-corrected chi connectivity index (χ3v) is 1.66. The van der Waals surface area contributed by atoms with Crippen molar-refractivity contribution in [3.8, 4) is 0 Å². The summed E-state index contributed by atoms with van der Waals surface area (Å²) in [5, 5.41) is 7.18. The van der Waals surface area contributed by atoms with Gasteiger partial charge in [0.1, 0.15) is 0 Å². The third kappa shape index (κ3) is 12.2. The van der Waals surface area contributed by atoms with Crippen LogP contribution >= 0.6 is 11.6 Å². The fourth-order valence-corrected chi connectivity index (χ4v) is 1.11. The van der Waals surface area contributed by atoms with Crippen LogP contribution < -0.4 is 0 Å². The second-order valence-electron chi connectivity index (χ2n) is 2.72. The maximum Gasteiger partial charge on any atom is 0.401 e. The molecule has 3 heteroatoms. The summed E-state index contributed by atoms with van der Waals surface area (Å²) in [5.74, 6) is 0. The summed E-state index contributed by atoms with van der Waals surface area (Å²) < 4.78 is 0. The van der Waals surface area contributed by atoms with Crippen LogP contribution in [-0.2, 0) is 0 Å². The van der Waals surface area contributed by atoms with Gasteiger partial charge >= 0.3 is 5.43 Å². The Balaban J connectivity index is 0.000000261. The molecule has 0 saturated carbocycles. The predicted molar refractivity (Wildman–Crippen MR) is 50.7 cm³/mol. The van der Waals surface area contributed by atoms with Gasteiger partial charge in [-0.1, -0.05) is 25.0 Å². The molecule has 2 nitrogen and oxygen atoms in total. The summed E-state index contributed by atoms with van der Waals surface area (Å²) >= 11 is 4.19. The molecule has 70 valence electrons. The van der Waals surface area contributed by atoms with Crippen LogP contribution in [0.5, 0.6) is 0 Å². The topological polar surface area (TPSA) is 37.3 Å². The van der Waals surface area contributed by atoms with Crippen LogP contribution in [0.2, 0.25) is 0 Å². The van der Waals surface area contributed by atoms with Crippen LogP contribution in [0.15, 0.2) is 12.2 Å². The summed E-state index contributed by atoms with van der Waals surface area (Å²) in [4.78, 5) is 8.77. The van der Waals surface area contributed by atoms with Crippen molar-refractivity contribution in [2.24, 2.45) is 0 Å². The molecule has 0 aromatic carbocycles. The minimum Gasteiger partial charge on any atom is -0.469 e. The lowest BCUT2D eigenvalue weighted by molar-refractivity contribution is 0.220. The number of carbonyl (C=O) groups is 1.